The summed E-state index contributed by atoms with van der Waals surface area (Å²) in [6, 6.07) is 23.4. The minimum absolute atomic E-state index is 0.0133. The Morgan fingerprint density at radius 3 is 2.19 bits per heavy atom. The van der Waals surface area contributed by atoms with Gasteiger partial charge in [-0.3, -0.25) is 9.69 Å². The maximum atomic E-state index is 14.7. The number of piperidine rings is 1. The number of rotatable bonds is 7. The van der Waals surface area contributed by atoms with Crippen LogP contribution in [0.25, 0.3) is 22.3 Å². The SMILES string of the molecule is COC(=O)N1CCC[C@@H](C(=O)CN(C(=O)OC(C)(C)C)c2cnc3c(ccn3S(=O)(=O)c3ccc(C)cc3)n2)C1C1c2ccccc2-c2ccccc21. The van der Waals surface area contributed by atoms with Crippen molar-refractivity contribution in [3.8, 4) is 11.1 Å². The standard InChI is InChI=1S/C40H41N5O7S/c1-25-16-18-26(19-17-25)53(49,50)45-22-20-32-37(45)41-23-34(42-32)44(39(48)52-40(2,3)4)24-33(46)31-15-10-21-43(38(47)51-5)36(31)35-29-13-8-6-11-27(29)28-12-7-9-14-30(28)35/h6-9,11-14,16-20,22-23,31,35-36H,10,15,21,24H2,1-5H3/t31-,36?/m0/s1. The van der Waals surface area contributed by atoms with Gasteiger partial charge in [-0.15, -0.1) is 0 Å². The van der Waals surface area contributed by atoms with E-state index in [9.17, 15) is 22.8 Å². The van der Waals surface area contributed by atoms with Crippen molar-refractivity contribution in [2.24, 2.45) is 5.92 Å². The first-order chi connectivity index (χ1) is 25.3. The van der Waals surface area contributed by atoms with Crippen LogP contribution in [-0.4, -0.2) is 77.1 Å². The molecule has 0 saturated carbocycles. The van der Waals surface area contributed by atoms with Crippen LogP contribution in [0, 0.1) is 12.8 Å². The molecule has 1 saturated heterocycles. The average Bonchev–Trinajstić information content (AvgIpc) is 3.72. The van der Waals surface area contributed by atoms with Crippen molar-refractivity contribution >= 4 is 45.0 Å². The molecule has 2 atom stereocenters. The summed E-state index contributed by atoms with van der Waals surface area (Å²) in [4.78, 5) is 53.9. The van der Waals surface area contributed by atoms with Gasteiger partial charge in [0, 0.05) is 24.6 Å². The van der Waals surface area contributed by atoms with E-state index < -0.39 is 46.3 Å². The summed E-state index contributed by atoms with van der Waals surface area (Å²) in [6.07, 6.45) is 2.31. The monoisotopic (exact) mass is 735 g/mol. The third kappa shape index (κ3) is 6.65. The Hall–Kier alpha value is -5.56. The van der Waals surface area contributed by atoms with Gasteiger partial charge in [0.1, 0.15) is 11.1 Å². The number of ether oxygens (including phenoxy) is 2. The number of ketones is 1. The Labute approximate surface area is 308 Å². The van der Waals surface area contributed by atoms with Crippen molar-refractivity contribution in [2.45, 2.75) is 63.0 Å². The van der Waals surface area contributed by atoms with Crippen molar-refractivity contribution in [1.82, 2.24) is 18.8 Å². The van der Waals surface area contributed by atoms with Crippen LogP contribution in [0.3, 0.4) is 0 Å². The van der Waals surface area contributed by atoms with Gasteiger partial charge in [-0.1, -0.05) is 66.2 Å². The summed E-state index contributed by atoms with van der Waals surface area (Å²) >= 11 is 0. The van der Waals surface area contributed by atoms with E-state index in [0.717, 1.165) is 36.7 Å². The number of aryl methyl sites for hydroxylation is 1. The van der Waals surface area contributed by atoms with Crippen LogP contribution in [0.15, 0.2) is 96.2 Å². The molecular formula is C40H41N5O7S. The zero-order chi connectivity index (χ0) is 37.7. The fourth-order valence-electron chi connectivity index (χ4n) is 7.53. The summed E-state index contributed by atoms with van der Waals surface area (Å²) in [5, 5.41) is 0. The lowest BCUT2D eigenvalue weighted by Crippen LogP contribution is -2.55. The molecule has 0 N–H and O–H groups in total. The molecule has 1 unspecified atom stereocenters. The van der Waals surface area contributed by atoms with Crippen molar-refractivity contribution < 1.29 is 32.3 Å². The largest absolute Gasteiger partial charge is 0.453 e. The van der Waals surface area contributed by atoms with E-state index in [1.807, 2.05) is 43.3 Å². The highest BCUT2D eigenvalue weighted by Crippen LogP contribution is 2.50. The number of amides is 2. The number of carbonyl (C=O) groups excluding carboxylic acids is 3. The second-order valence-electron chi connectivity index (χ2n) is 14.5. The maximum absolute atomic E-state index is 14.7. The van der Waals surface area contributed by atoms with Crippen LogP contribution < -0.4 is 4.90 Å². The molecule has 53 heavy (non-hydrogen) atoms. The number of nitrogens with zero attached hydrogens (tertiary/aromatic N) is 5. The fourth-order valence-corrected chi connectivity index (χ4v) is 8.83. The molecule has 0 spiro atoms. The molecule has 1 fully saturated rings. The number of carbonyl (C=O) groups is 3. The Balaban J connectivity index is 1.27. The van der Waals surface area contributed by atoms with Gasteiger partial charge in [-0.25, -0.2) is 31.9 Å². The average molecular weight is 736 g/mol. The highest BCUT2D eigenvalue weighted by molar-refractivity contribution is 7.90. The van der Waals surface area contributed by atoms with E-state index in [1.165, 1.54) is 37.7 Å². The molecule has 1 aliphatic heterocycles. The van der Waals surface area contributed by atoms with Gasteiger partial charge in [0.2, 0.25) is 0 Å². The van der Waals surface area contributed by atoms with Gasteiger partial charge in [0.15, 0.2) is 17.2 Å². The Kier molecular flexibility index (Phi) is 9.31. The quantitative estimate of drug-likeness (QED) is 0.174. The minimum atomic E-state index is -4.00. The molecule has 2 aromatic heterocycles. The van der Waals surface area contributed by atoms with Gasteiger partial charge in [-0.2, -0.15) is 0 Å². The van der Waals surface area contributed by atoms with Crippen molar-refractivity contribution in [3.05, 3.63) is 108 Å². The summed E-state index contributed by atoms with van der Waals surface area (Å²) < 4.78 is 39.1. The molecule has 2 aliphatic rings. The van der Waals surface area contributed by atoms with E-state index in [-0.39, 0.29) is 33.6 Å². The van der Waals surface area contributed by atoms with E-state index in [0.29, 0.717) is 19.4 Å². The summed E-state index contributed by atoms with van der Waals surface area (Å²) in [7, 11) is -2.67. The molecule has 5 aromatic rings. The molecule has 3 aromatic carbocycles. The van der Waals surface area contributed by atoms with Gasteiger partial charge >= 0.3 is 12.2 Å². The van der Waals surface area contributed by atoms with Crippen LogP contribution in [0.5, 0.6) is 0 Å². The smallest absolute Gasteiger partial charge is 0.416 e. The zero-order valence-corrected chi connectivity index (χ0v) is 31.0. The number of hydrogen-bond donors (Lipinski definition) is 0. The number of aromatic nitrogens is 3. The lowest BCUT2D eigenvalue weighted by atomic mass is 9.75. The number of methoxy groups -OCH3 is 1. The van der Waals surface area contributed by atoms with E-state index in [2.05, 4.69) is 22.1 Å². The molecule has 2 amide bonds. The Morgan fingerprint density at radius 2 is 1.57 bits per heavy atom. The van der Waals surface area contributed by atoms with Crippen molar-refractivity contribution in [3.63, 3.8) is 0 Å². The third-order valence-electron chi connectivity index (χ3n) is 9.86. The van der Waals surface area contributed by atoms with Crippen LogP contribution in [0.2, 0.25) is 0 Å². The van der Waals surface area contributed by atoms with E-state index in [1.54, 1.807) is 37.8 Å². The highest BCUT2D eigenvalue weighted by atomic mass is 32.2. The first-order valence-corrected chi connectivity index (χ1v) is 18.9. The normalized spacial score (nSPS) is 17.3. The Morgan fingerprint density at radius 1 is 0.925 bits per heavy atom. The summed E-state index contributed by atoms with van der Waals surface area (Å²) in [6.45, 7) is 7.00. The van der Waals surface area contributed by atoms with Crippen LogP contribution in [0.4, 0.5) is 15.4 Å². The molecular weight excluding hydrogens is 695 g/mol. The number of likely N-dealkylation sites (tertiary alicyclic amines) is 1. The minimum Gasteiger partial charge on any atom is -0.453 e. The topological polar surface area (TPSA) is 141 Å². The van der Waals surface area contributed by atoms with E-state index >= 15 is 0 Å². The summed E-state index contributed by atoms with van der Waals surface area (Å²) in [5.74, 6) is -1.29. The first-order valence-electron chi connectivity index (χ1n) is 17.5. The molecule has 0 radical (unpaired) electrons. The highest BCUT2D eigenvalue weighted by Gasteiger charge is 2.48. The number of hydrogen-bond acceptors (Lipinski definition) is 9. The fraction of sp³-hybridized carbons (Fsp3) is 0.325. The summed E-state index contributed by atoms with van der Waals surface area (Å²) in [5.41, 5.74) is 4.38. The number of anilines is 1. The lowest BCUT2D eigenvalue weighted by molar-refractivity contribution is -0.125. The van der Waals surface area contributed by atoms with Gasteiger partial charge in [0.25, 0.3) is 10.0 Å². The van der Waals surface area contributed by atoms with Gasteiger partial charge < -0.3 is 14.4 Å². The molecule has 0 bridgehead atoms. The maximum Gasteiger partial charge on any atom is 0.416 e. The van der Waals surface area contributed by atoms with Crippen LogP contribution in [-0.2, 0) is 24.3 Å². The molecule has 7 rings (SSSR count). The number of fused-ring (bicyclic) bond motifs is 4. The second kappa shape index (κ2) is 13.8. The molecule has 13 heteroatoms. The van der Waals surface area contributed by atoms with Crippen LogP contribution >= 0.6 is 0 Å². The predicted molar refractivity (Wildman–Crippen MR) is 199 cm³/mol. The van der Waals surface area contributed by atoms with Gasteiger partial charge in [0.05, 0.1) is 30.8 Å². The molecule has 274 valence electrons. The van der Waals surface area contributed by atoms with Crippen molar-refractivity contribution in [1.29, 1.82) is 0 Å². The van der Waals surface area contributed by atoms with Crippen molar-refractivity contribution in [2.75, 3.05) is 25.1 Å². The number of Topliss-reactive ketones (excluding diaryl/α,β-unsaturated/α-hetero) is 1. The second-order valence-corrected chi connectivity index (χ2v) is 16.3. The van der Waals surface area contributed by atoms with Crippen LogP contribution in [0.1, 0.15) is 56.2 Å². The molecule has 1 aliphatic carbocycles. The zero-order valence-electron chi connectivity index (χ0n) is 30.2. The molecule has 3 heterocycles. The third-order valence-corrected chi connectivity index (χ3v) is 11.5. The number of benzene rings is 3. The Bertz CT molecular complexity index is 2290. The van der Waals surface area contributed by atoms with Gasteiger partial charge in [-0.05, 0) is 81.0 Å². The van der Waals surface area contributed by atoms with E-state index in [4.69, 9.17) is 9.47 Å². The first kappa shape index (κ1) is 35.8. The lowest BCUT2D eigenvalue weighted by Gasteiger charge is -2.43. The molecule has 12 nitrogen and oxygen atoms in total. The predicted octanol–water partition coefficient (Wildman–Crippen LogP) is 6.95.